The lowest BCUT2D eigenvalue weighted by Crippen LogP contribution is -1.89. The van der Waals surface area contributed by atoms with E-state index in [1.807, 2.05) is 0 Å². The molecule has 0 amide bonds. The molecule has 0 fully saturated rings. The molecule has 3 nitrogen and oxygen atoms in total. The third-order valence-corrected chi connectivity index (χ3v) is 1.28. The Morgan fingerprint density at radius 2 is 2.18 bits per heavy atom. The average Bonchev–Trinajstić information content (AvgIpc) is 2.03. The molecule has 57 valence electrons. The van der Waals surface area contributed by atoms with Crippen LogP contribution in [0.4, 0.5) is 0 Å². The van der Waals surface area contributed by atoms with E-state index in [0.29, 0.717) is 5.56 Å². The summed E-state index contributed by atoms with van der Waals surface area (Å²) >= 11 is 0. The van der Waals surface area contributed by atoms with Crippen molar-refractivity contribution >= 4 is 6.47 Å². The second-order valence-corrected chi connectivity index (χ2v) is 2.00. The molecule has 0 saturated heterocycles. The van der Waals surface area contributed by atoms with Gasteiger partial charge in [-0.25, -0.2) is 4.79 Å². The fourth-order valence-corrected chi connectivity index (χ4v) is 0.740. The Bertz CT molecular complexity index is 245. The van der Waals surface area contributed by atoms with Crippen LogP contribution < -0.4 is 0 Å². The van der Waals surface area contributed by atoms with Crippen molar-refractivity contribution in [3.63, 3.8) is 0 Å². The van der Waals surface area contributed by atoms with Crippen molar-refractivity contribution in [1.29, 1.82) is 0 Å². The van der Waals surface area contributed by atoms with E-state index in [4.69, 9.17) is 5.11 Å². The van der Waals surface area contributed by atoms with Crippen LogP contribution in [0.2, 0.25) is 0 Å². The normalized spacial score (nSPS) is 9.09. The number of phenols is 1. The Balaban J connectivity index is 2.69. The first-order valence-electron chi connectivity index (χ1n) is 3.10. The minimum Gasteiger partial charge on any atom is -0.508 e. The van der Waals surface area contributed by atoms with Gasteiger partial charge in [0, 0.05) is 5.56 Å². The van der Waals surface area contributed by atoms with E-state index in [9.17, 15) is 4.79 Å². The van der Waals surface area contributed by atoms with Gasteiger partial charge >= 0.3 is 6.47 Å². The Morgan fingerprint density at radius 3 is 2.82 bits per heavy atom. The molecule has 1 aromatic rings. The fourth-order valence-electron chi connectivity index (χ4n) is 0.740. The quantitative estimate of drug-likeness (QED) is 0.700. The van der Waals surface area contributed by atoms with Crippen molar-refractivity contribution in [3.05, 3.63) is 29.8 Å². The summed E-state index contributed by atoms with van der Waals surface area (Å²) in [6, 6.07) is 6.66. The average molecular weight is 151 g/mol. The maximum Gasteiger partial charge on any atom is 0.417 e. The van der Waals surface area contributed by atoms with Gasteiger partial charge in [0.05, 0.1) is 0 Å². The van der Waals surface area contributed by atoms with E-state index in [1.165, 1.54) is 12.5 Å². The highest BCUT2D eigenvalue weighted by atomic mass is 16.5. The van der Waals surface area contributed by atoms with E-state index in [-0.39, 0.29) is 12.4 Å². The lowest BCUT2D eigenvalue weighted by atomic mass is 10.2. The van der Waals surface area contributed by atoms with Crippen LogP contribution in [0.15, 0.2) is 24.3 Å². The molecule has 0 aliphatic carbocycles. The number of aromatic hydroxyl groups is 1. The summed E-state index contributed by atoms with van der Waals surface area (Å²) < 4.78 is 4.33. The van der Waals surface area contributed by atoms with Crippen molar-refractivity contribution in [3.8, 4) is 5.75 Å². The number of rotatable bonds is 3. The summed E-state index contributed by atoms with van der Waals surface area (Å²) in [5.74, 6) is 0.128. The molecule has 0 unspecified atom stereocenters. The second-order valence-electron chi connectivity index (χ2n) is 2.00. The first-order chi connectivity index (χ1) is 5.34. The lowest BCUT2D eigenvalue weighted by Gasteiger charge is -2.00. The number of ether oxygens (including phenoxy) is 1. The molecule has 1 N–H and O–H groups in total. The number of hydrogen-bond donors (Lipinski definition) is 1. The van der Waals surface area contributed by atoms with Crippen LogP contribution in [0, 0.1) is 0 Å². The molecule has 0 saturated carbocycles. The number of phenolic OH excluding ortho intramolecular Hbond substituents is 1. The Labute approximate surface area is 64.2 Å². The van der Waals surface area contributed by atoms with Crippen molar-refractivity contribution in [2.45, 2.75) is 6.61 Å². The van der Waals surface area contributed by atoms with Crippen molar-refractivity contribution in [2.75, 3.05) is 0 Å². The third kappa shape index (κ3) is 1.97. The molecular formula is C8H7O3. The number of para-hydroxylation sites is 1. The summed E-state index contributed by atoms with van der Waals surface area (Å²) in [5.41, 5.74) is 0.579. The summed E-state index contributed by atoms with van der Waals surface area (Å²) in [6.07, 6.45) is 0. The summed E-state index contributed by atoms with van der Waals surface area (Å²) in [5, 5.41) is 9.13. The Kier molecular flexibility index (Phi) is 2.49. The van der Waals surface area contributed by atoms with E-state index in [1.54, 1.807) is 18.2 Å². The van der Waals surface area contributed by atoms with Crippen LogP contribution in [0.25, 0.3) is 0 Å². The van der Waals surface area contributed by atoms with Crippen LogP contribution in [0.1, 0.15) is 5.56 Å². The molecular weight excluding hydrogens is 144 g/mol. The molecule has 0 bridgehead atoms. The van der Waals surface area contributed by atoms with E-state index >= 15 is 0 Å². The molecule has 11 heavy (non-hydrogen) atoms. The summed E-state index contributed by atoms with van der Waals surface area (Å²) in [7, 11) is 0. The number of hydrogen-bond acceptors (Lipinski definition) is 3. The molecule has 1 aromatic carbocycles. The largest absolute Gasteiger partial charge is 0.508 e. The monoisotopic (exact) mass is 151 g/mol. The molecule has 3 heteroatoms. The van der Waals surface area contributed by atoms with Gasteiger partial charge in [0.1, 0.15) is 12.4 Å². The zero-order valence-electron chi connectivity index (χ0n) is 5.78. The van der Waals surface area contributed by atoms with Crippen LogP contribution in [0.3, 0.4) is 0 Å². The summed E-state index contributed by atoms with van der Waals surface area (Å²) in [6.45, 7) is 1.35. The Morgan fingerprint density at radius 1 is 1.45 bits per heavy atom. The maximum atomic E-state index is 9.66. The fraction of sp³-hybridized carbons (Fsp3) is 0.125. The van der Waals surface area contributed by atoms with Crippen LogP contribution in [-0.4, -0.2) is 11.6 Å². The molecule has 1 radical (unpaired) electrons. The molecule has 0 spiro atoms. The highest BCUT2D eigenvalue weighted by Crippen LogP contribution is 2.15. The van der Waals surface area contributed by atoms with Crippen molar-refractivity contribution in [1.82, 2.24) is 0 Å². The molecule has 0 heterocycles. The number of benzene rings is 1. The van der Waals surface area contributed by atoms with Crippen LogP contribution in [-0.2, 0) is 16.1 Å². The van der Waals surface area contributed by atoms with Crippen molar-refractivity contribution < 1.29 is 14.6 Å². The predicted octanol–water partition coefficient (Wildman–Crippen LogP) is 0.976. The van der Waals surface area contributed by atoms with Gasteiger partial charge in [0.25, 0.3) is 0 Å². The minimum absolute atomic E-state index is 0.0656. The van der Waals surface area contributed by atoms with Gasteiger partial charge in [0.15, 0.2) is 0 Å². The van der Waals surface area contributed by atoms with Crippen LogP contribution in [0.5, 0.6) is 5.75 Å². The maximum absolute atomic E-state index is 9.66. The first-order valence-corrected chi connectivity index (χ1v) is 3.10. The van der Waals surface area contributed by atoms with Gasteiger partial charge in [-0.1, -0.05) is 18.2 Å². The zero-order valence-corrected chi connectivity index (χ0v) is 5.78. The predicted molar refractivity (Wildman–Crippen MR) is 38.6 cm³/mol. The molecule has 1 rings (SSSR count). The highest BCUT2D eigenvalue weighted by Gasteiger charge is 1.97. The molecule has 0 aliphatic heterocycles. The van der Waals surface area contributed by atoms with Crippen LogP contribution >= 0.6 is 0 Å². The minimum atomic E-state index is 0.0656. The molecule has 0 atom stereocenters. The standard InChI is InChI=1S/C8H7O3/c9-6-11-5-7-3-1-2-4-8(7)10/h1-4,10H,5H2. The highest BCUT2D eigenvalue weighted by molar-refractivity contribution is 5.39. The van der Waals surface area contributed by atoms with Gasteiger partial charge < -0.3 is 9.84 Å². The smallest absolute Gasteiger partial charge is 0.417 e. The van der Waals surface area contributed by atoms with Gasteiger partial charge in [-0.15, -0.1) is 0 Å². The molecule has 0 aromatic heterocycles. The topological polar surface area (TPSA) is 46.5 Å². The van der Waals surface area contributed by atoms with Gasteiger partial charge in [-0.05, 0) is 6.07 Å². The SMILES string of the molecule is O=[C]OCc1ccccc1O. The van der Waals surface area contributed by atoms with Gasteiger partial charge in [-0.2, -0.15) is 0 Å². The number of carbonyl (C=O) groups excluding carboxylic acids is 1. The summed E-state index contributed by atoms with van der Waals surface area (Å²) in [4.78, 5) is 9.66. The van der Waals surface area contributed by atoms with E-state index < -0.39 is 0 Å². The van der Waals surface area contributed by atoms with E-state index in [0.717, 1.165) is 0 Å². The first kappa shape index (κ1) is 7.60. The van der Waals surface area contributed by atoms with Crippen molar-refractivity contribution in [2.24, 2.45) is 0 Å². The molecule has 0 aliphatic rings. The Hall–Kier alpha value is -1.51. The van der Waals surface area contributed by atoms with Gasteiger partial charge in [-0.3, -0.25) is 0 Å². The second kappa shape index (κ2) is 3.61. The van der Waals surface area contributed by atoms with E-state index in [2.05, 4.69) is 4.74 Å². The zero-order chi connectivity index (χ0) is 8.10. The van der Waals surface area contributed by atoms with Gasteiger partial charge in [0.2, 0.25) is 0 Å². The lowest BCUT2D eigenvalue weighted by molar-refractivity contribution is 0.262. The third-order valence-electron chi connectivity index (χ3n) is 1.28.